The van der Waals surface area contributed by atoms with Gasteiger partial charge in [-0.15, -0.1) is 0 Å². The zero-order valence-electron chi connectivity index (χ0n) is 8.89. The van der Waals surface area contributed by atoms with Gasteiger partial charge in [0, 0.05) is 23.3 Å². The van der Waals surface area contributed by atoms with E-state index >= 15 is 0 Å². The first kappa shape index (κ1) is 11.0. The van der Waals surface area contributed by atoms with Gasteiger partial charge in [-0.1, -0.05) is 6.07 Å². The van der Waals surface area contributed by atoms with E-state index in [0.717, 1.165) is 5.69 Å². The predicted octanol–water partition coefficient (Wildman–Crippen LogP) is 2.49. The minimum atomic E-state index is -0.248. The maximum atomic E-state index is 13.3. The Balaban J connectivity index is 2.87. The molecule has 0 atom stereocenters. The Morgan fingerprint density at radius 2 is 2.00 bits per heavy atom. The summed E-state index contributed by atoms with van der Waals surface area (Å²) in [6.07, 6.45) is 0. The Morgan fingerprint density at radius 1 is 1.36 bits per heavy atom. The number of hydrogen-bond acceptors (Lipinski definition) is 2. The maximum absolute atomic E-state index is 13.3. The lowest BCUT2D eigenvalue weighted by Crippen LogP contribution is -2.26. The molecule has 0 saturated carbocycles. The molecule has 0 fully saturated rings. The Labute approximate surface area is 84.3 Å². The van der Waals surface area contributed by atoms with E-state index in [1.54, 1.807) is 6.07 Å². The summed E-state index contributed by atoms with van der Waals surface area (Å²) in [4.78, 5) is 0. The highest BCUT2D eigenvalue weighted by atomic mass is 19.1. The summed E-state index contributed by atoms with van der Waals surface area (Å²) in [5, 5.41) is 3.19. The molecular formula is C11H17FN2. The number of anilines is 1. The number of nitrogens with two attached hydrogens (primary N) is 1. The second-order valence-electron chi connectivity index (χ2n) is 4.39. The van der Waals surface area contributed by atoms with Crippen LogP contribution < -0.4 is 11.1 Å². The molecule has 3 N–H and O–H groups in total. The van der Waals surface area contributed by atoms with Crippen molar-refractivity contribution in [1.29, 1.82) is 0 Å². The molecule has 0 spiro atoms. The first-order valence-corrected chi connectivity index (χ1v) is 4.69. The zero-order chi connectivity index (χ0) is 10.8. The molecule has 0 aliphatic rings. The number of hydrogen-bond donors (Lipinski definition) is 2. The fraction of sp³-hybridized carbons (Fsp3) is 0.455. The monoisotopic (exact) mass is 196 g/mol. The van der Waals surface area contributed by atoms with Crippen LogP contribution in [0, 0.1) is 5.82 Å². The summed E-state index contributed by atoms with van der Waals surface area (Å²) in [5.41, 5.74) is 6.64. The van der Waals surface area contributed by atoms with E-state index in [9.17, 15) is 4.39 Å². The van der Waals surface area contributed by atoms with Gasteiger partial charge in [-0.25, -0.2) is 4.39 Å². The van der Waals surface area contributed by atoms with E-state index < -0.39 is 0 Å². The molecule has 0 bridgehead atoms. The van der Waals surface area contributed by atoms with E-state index in [1.807, 2.05) is 26.8 Å². The van der Waals surface area contributed by atoms with Crippen LogP contribution in [-0.4, -0.2) is 5.54 Å². The topological polar surface area (TPSA) is 38.0 Å². The van der Waals surface area contributed by atoms with E-state index in [1.165, 1.54) is 6.07 Å². The van der Waals surface area contributed by atoms with Crippen molar-refractivity contribution in [2.75, 3.05) is 5.32 Å². The van der Waals surface area contributed by atoms with Gasteiger partial charge in [0.25, 0.3) is 0 Å². The lowest BCUT2D eigenvalue weighted by atomic mass is 10.1. The predicted molar refractivity (Wildman–Crippen MR) is 57.7 cm³/mol. The van der Waals surface area contributed by atoms with Crippen molar-refractivity contribution in [3.8, 4) is 0 Å². The minimum absolute atomic E-state index is 0.0589. The van der Waals surface area contributed by atoms with Gasteiger partial charge in [-0.05, 0) is 32.9 Å². The van der Waals surface area contributed by atoms with Gasteiger partial charge in [0.1, 0.15) is 5.82 Å². The van der Waals surface area contributed by atoms with Gasteiger partial charge in [-0.2, -0.15) is 0 Å². The molecule has 1 aromatic rings. The molecule has 0 unspecified atom stereocenters. The molecule has 3 heteroatoms. The molecule has 1 aromatic carbocycles. The van der Waals surface area contributed by atoms with Gasteiger partial charge in [0.15, 0.2) is 0 Å². The van der Waals surface area contributed by atoms with Crippen LogP contribution in [0.1, 0.15) is 26.3 Å². The molecule has 0 aromatic heterocycles. The van der Waals surface area contributed by atoms with Gasteiger partial charge < -0.3 is 11.1 Å². The van der Waals surface area contributed by atoms with Crippen LogP contribution in [0.25, 0.3) is 0 Å². The lowest BCUT2D eigenvalue weighted by molar-refractivity contribution is 0.605. The van der Waals surface area contributed by atoms with Gasteiger partial charge in [0.2, 0.25) is 0 Å². The Bertz CT molecular complexity index is 316. The van der Waals surface area contributed by atoms with E-state index in [-0.39, 0.29) is 17.9 Å². The quantitative estimate of drug-likeness (QED) is 0.762. The van der Waals surface area contributed by atoms with Gasteiger partial charge >= 0.3 is 0 Å². The second-order valence-corrected chi connectivity index (χ2v) is 4.39. The molecular weight excluding hydrogens is 179 g/mol. The van der Waals surface area contributed by atoms with Crippen molar-refractivity contribution in [3.63, 3.8) is 0 Å². The molecule has 14 heavy (non-hydrogen) atoms. The van der Waals surface area contributed by atoms with Crippen molar-refractivity contribution in [1.82, 2.24) is 0 Å². The number of benzene rings is 1. The van der Waals surface area contributed by atoms with Crippen molar-refractivity contribution < 1.29 is 4.39 Å². The molecule has 2 nitrogen and oxygen atoms in total. The van der Waals surface area contributed by atoms with Crippen molar-refractivity contribution >= 4 is 5.69 Å². The van der Waals surface area contributed by atoms with Crippen LogP contribution in [0.15, 0.2) is 18.2 Å². The highest BCUT2D eigenvalue weighted by Crippen LogP contribution is 2.17. The summed E-state index contributed by atoms with van der Waals surface area (Å²) in [6, 6.07) is 5.04. The second kappa shape index (κ2) is 3.96. The molecule has 0 heterocycles. The van der Waals surface area contributed by atoms with E-state index in [4.69, 9.17) is 5.73 Å². The fourth-order valence-corrected chi connectivity index (χ4v) is 1.22. The number of halogens is 1. The normalized spacial score (nSPS) is 11.5. The first-order chi connectivity index (χ1) is 6.42. The Morgan fingerprint density at radius 3 is 2.43 bits per heavy atom. The molecule has 78 valence electrons. The average molecular weight is 196 g/mol. The van der Waals surface area contributed by atoms with Crippen LogP contribution in [0.5, 0.6) is 0 Å². The molecule has 0 amide bonds. The molecule has 0 aliphatic heterocycles. The summed E-state index contributed by atoms with van der Waals surface area (Å²) in [7, 11) is 0. The third kappa shape index (κ3) is 3.00. The zero-order valence-corrected chi connectivity index (χ0v) is 8.89. The summed E-state index contributed by atoms with van der Waals surface area (Å²) >= 11 is 0. The molecule has 0 radical (unpaired) electrons. The smallest absolute Gasteiger partial charge is 0.129 e. The number of rotatable bonds is 2. The summed E-state index contributed by atoms with van der Waals surface area (Å²) < 4.78 is 13.3. The summed E-state index contributed by atoms with van der Waals surface area (Å²) in [6.45, 7) is 6.33. The Hall–Kier alpha value is -1.09. The van der Waals surface area contributed by atoms with Crippen LogP contribution in [0.4, 0.5) is 10.1 Å². The minimum Gasteiger partial charge on any atom is -0.380 e. The third-order valence-electron chi connectivity index (χ3n) is 1.79. The van der Waals surface area contributed by atoms with Crippen LogP contribution in [0.2, 0.25) is 0 Å². The third-order valence-corrected chi connectivity index (χ3v) is 1.79. The van der Waals surface area contributed by atoms with Crippen LogP contribution in [0.3, 0.4) is 0 Å². The number of nitrogens with one attached hydrogen (secondary N) is 1. The lowest BCUT2D eigenvalue weighted by Gasteiger charge is -2.22. The van der Waals surface area contributed by atoms with Crippen LogP contribution >= 0.6 is 0 Å². The first-order valence-electron chi connectivity index (χ1n) is 4.69. The van der Waals surface area contributed by atoms with E-state index in [0.29, 0.717) is 5.56 Å². The van der Waals surface area contributed by atoms with E-state index in [2.05, 4.69) is 5.32 Å². The van der Waals surface area contributed by atoms with Gasteiger partial charge in [-0.3, -0.25) is 0 Å². The molecule has 1 rings (SSSR count). The average Bonchev–Trinajstić information content (AvgIpc) is 2.01. The van der Waals surface area contributed by atoms with Gasteiger partial charge in [0.05, 0.1) is 0 Å². The highest BCUT2D eigenvalue weighted by Gasteiger charge is 2.10. The molecule has 0 aliphatic carbocycles. The van der Waals surface area contributed by atoms with Crippen molar-refractivity contribution in [3.05, 3.63) is 29.6 Å². The fourth-order valence-electron chi connectivity index (χ4n) is 1.22. The van der Waals surface area contributed by atoms with Crippen LogP contribution in [-0.2, 0) is 6.54 Å². The largest absolute Gasteiger partial charge is 0.380 e. The summed E-state index contributed by atoms with van der Waals surface area (Å²) in [5.74, 6) is -0.248. The highest BCUT2D eigenvalue weighted by molar-refractivity contribution is 5.47. The molecule has 0 saturated heterocycles. The SMILES string of the molecule is CC(C)(C)Nc1ccc(CN)c(F)c1. The van der Waals surface area contributed by atoms with Crippen molar-refractivity contribution in [2.24, 2.45) is 5.73 Å². The van der Waals surface area contributed by atoms with Crippen molar-refractivity contribution in [2.45, 2.75) is 32.9 Å². The standard InChI is InChI=1S/C11H17FN2/c1-11(2,3)14-9-5-4-8(7-13)10(12)6-9/h4-6,14H,7,13H2,1-3H3. The maximum Gasteiger partial charge on any atom is 0.129 e. The Kier molecular flexibility index (Phi) is 3.11.